The number of rotatable bonds is 7. The predicted octanol–water partition coefficient (Wildman–Crippen LogP) is 3.69. The van der Waals surface area contributed by atoms with Crippen molar-refractivity contribution in [1.82, 2.24) is 0 Å². The third kappa shape index (κ3) is 4.77. The fourth-order valence-electron chi connectivity index (χ4n) is 2.02. The van der Waals surface area contributed by atoms with Crippen molar-refractivity contribution in [1.29, 1.82) is 0 Å². The molecule has 2 aromatic rings. The highest BCUT2D eigenvalue weighted by Gasteiger charge is 2.22. The van der Waals surface area contributed by atoms with E-state index in [0.717, 1.165) is 6.07 Å². The summed E-state index contributed by atoms with van der Waals surface area (Å²) >= 11 is 5.69. The Bertz CT molecular complexity index is 803. The van der Waals surface area contributed by atoms with Crippen LogP contribution in [-0.2, 0) is 4.74 Å². The lowest BCUT2D eigenvalue weighted by Gasteiger charge is -2.06. The molecule has 0 fully saturated rings. The number of carbonyl (C=O) groups excluding carboxylic acids is 2. The van der Waals surface area contributed by atoms with Gasteiger partial charge in [-0.25, -0.2) is 4.79 Å². The summed E-state index contributed by atoms with van der Waals surface area (Å²) in [5, 5.41) is 11.1. The maximum absolute atomic E-state index is 12.0. The molecule has 0 radical (unpaired) electrons. The van der Waals surface area contributed by atoms with Gasteiger partial charge in [-0.1, -0.05) is 11.6 Å². The minimum Gasteiger partial charge on any atom is -0.494 e. The van der Waals surface area contributed by atoms with Gasteiger partial charge in [-0.15, -0.1) is 0 Å². The van der Waals surface area contributed by atoms with Crippen LogP contribution in [0.2, 0.25) is 5.02 Å². The second-order valence-electron chi connectivity index (χ2n) is 4.88. The van der Waals surface area contributed by atoms with Crippen LogP contribution in [0.15, 0.2) is 42.5 Å². The zero-order chi connectivity index (χ0) is 18.4. The van der Waals surface area contributed by atoms with Crippen LogP contribution >= 0.6 is 11.6 Å². The molecule has 2 aromatic carbocycles. The van der Waals surface area contributed by atoms with Crippen LogP contribution in [-0.4, -0.2) is 29.9 Å². The number of halogens is 1. The summed E-state index contributed by atoms with van der Waals surface area (Å²) in [6, 6.07) is 9.92. The lowest BCUT2D eigenvalue weighted by Crippen LogP contribution is -2.15. The maximum Gasteiger partial charge on any atom is 0.345 e. The Kier molecular flexibility index (Phi) is 6.08. The van der Waals surface area contributed by atoms with Crippen molar-refractivity contribution in [3.8, 4) is 5.75 Å². The van der Waals surface area contributed by atoms with E-state index in [1.165, 1.54) is 12.1 Å². The molecule has 0 aliphatic carbocycles. The van der Waals surface area contributed by atoms with E-state index in [4.69, 9.17) is 21.1 Å². The van der Waals surface area contributed by atoms with Crippen molar-refractivity contribution in [2.24, 2.45) is 0 Å². The minimum absolute atomic E-state index is 0.119. The van der Waals surface area contributed by atoms with Crippen LogP contribution in [0.4, 0.5) is 5.69 Å². The minimum atomic E-state index is -0.970. The van der Waals surface area contributed by atoms with Crippen molar-refractivity contribution in [2.45, 2.75) is 6.92 Å². The van der Waals surface area contributed by atoms with Gasteiger partial charge in [0.2, 0.25) is 0 Å². The first-order chi connectivity index (χ1) is 11.9. The first-order valence-electron chi connectivity index (χ1n) is 7.29. The summed E-state index contributed by atoms with van der Waals surface area (Å²) in [4.78, 5) is 34.3. The van der Waals surface area contributed by atoms with Crippen LogP contribution in [0.1, 0.15) is 27.6 Å². The molecule has 0 aliphatic heterocycles. The van der Waals surface area contributed by atoms with Gasteiger partial charge >= 0.3 is 5.97 Å². The summed E-state index contributed by atoms with van der Waals surface area (Å²) in [5.41, 5.74) is -0.415. The molecular weight excluding hydrogens is 350 g/mol. The number of esters is 1. The molecule has 8 heteroatoms. The SMILES string of the molecule is CCOc1ccc(C(=O)COC(=O)c2ccc(Cl)cc2[N+](=O)[O-])cc1. The number of carbonyl (C=O) groups is 2. The number of nitrogens with zero attached hydrogens (tertiary/aromatic N) is 1. The predicted molar refractivity (Wildman–Crippen MR) is 90.3 cm³/mol. The molecule has 0 saturated carbocycles. The standard InChI is InChI=1S/C17H14ClNO6/c1-2-24-13-6-3-11(4-7-13)16(20)10-25-17(21)14-8-5-12(18)9-15(14)19(22)23/h3-9H,2,10H2,1H3. The number of nitro groups is 1. The molecule has 0 atom stereocenters. The van der Waals surface area contributed by atoms with Gasteiger partial charge in [0.15, 0.2) is 12.4 Å². The first-order valence-corrected chi connectivity index (χ1v) is 7.67. The normalized spacial score (nSPS) is 10.2. The van der Waals surface area contributed by atoms with E-state index < -0.39 is 29.0 Å². The number of benzene rings is 2. The summed E-state index contributed by atoms with van der Waals surface area (Å²) in [6.07, 6.45) is 0. The van der Waals surface area contributed by atoms with E-state index in [1.807, 2.05) is 6.92 Å². The second kappa shape index (κ2) is 8.25. The number of ketones is 1. The zero-order valence-electron chi connectivity index (χ0n) is 13.2. The average molecular weight is 364 g/mol. The molecule has 0 aromatic heterocycles. The van der Waals surface area contributed by atoms with E-state index >= 15 is 0 Å². The monoisotopic (exact) mass is 363 g/mol. The highest BCUT2D eigenvalue weighted by atomic mass is 35.5. The van der Waals surface area contributed by atoms with Crippen molar-refractivity contribution >= 4 is 29.0 Å². The van der Waals surface area contributed by atoms with Gasteiger partial charge in [-0.05, 0) is 43.3 Å². The Hall–Kier alpha value is -2.93. The van der Waals surface area contributed by atoms with E-state index in [0.29, 0.717) is 17.9 Å². The molecule has 0 aliphatic rings. The van der Waals surface area contributed by atoms with Crippen LogP contribution in [0.5, 0.6) is 5.75 Å². The van der Waals surface area contributed by atoms with Crippen molar-refractivity contribution in [3.05, 3.63) is 68.7 Å². The Morgan fingerprint density at radius 1 is 1.16 bits per heavy atom. The molecule has 0 spiro atoms. The first kappa shape index (κ1) is 18.4. The van der Waals surface area contributed by atoms with E-state index in [9.17, 15) is 19.7 Å². The fourth-order valence-corrected chi connectivity index (χ4v) is 2.19. The van der Waals surface area contributed by atoms with Crippen molar-refractivity contribution < 1.29 is 24.0 Å². The van der Waals surface area contributed by atoms with Gasteiger partial charge in [0.1, 0.15) is 11.3 Å². The number of Topliss-reactive ketones (excluding diaryl/α,β-unsaturated/α-hetero) is 1. The molecule has 0 N–H and O–H groups in total. The summed E-state index contributed by atoms with van der Waals surface area (Å²) in [6.45, 7) is 1.81. The highest BCUT2D eigenvalue weighted by molar-refractivity contribution is 6.31. The smallest absolute Gasteiger partial charge is 0.345 e. The largest absolute Gasteiger partial charge is 0.494 e. The molecule has 2 rings (SSSR count). The Morgan fingerprint density at radius 3 is 2.44 bits per heavy atom. The van der Waals surface area contributed by atoms with Gasteiger partial charge < -0.3 is 9.47 Å². The summed E-state index contributed by atoms with van der Waals surface area (Å²) in [7, 11) is 0. The molecule has 0 bridgehead atoms. The Labute approximate surface area is 148 Å². The number of nitro benzene ring substituents is 1. The summed E-state index contributed by atoms with van der Waals surface area (Å²) in [5.74, 6) is -0.788. The van der Waals surface area contributed by atoms with E-state index in [-0.39, 0.29) is 10.6 Å². The quantitative estimate of drug-likeness (QED) is 0.322. The fraction of sp³-hybridized carbons (Fsp3) is 0.176. The lowest BCUT2D eigenvalue weighted by molar-refractivity contribution is -0.385. The topological polar surface area (TPSA) is 95.7 Å². The van der Waals surface area contributed by atoms with E-state index in [2.05, 4.69) is 0 Å². The number of hydrogen-bond acceptors (Lipinski definition) is 6. The average Bonchev–Trinajstić information content (AvgIpc) is 2.60. The van der Waals surface area contributed by atoms with Gasteiger partial charge in [0.25, 0.3) is 5.69 Å². The zero-order valence-corrected chi connectivity index (χ0v) is 14.0. The third-order valence-electron chi connectivity index (χ3n) is 3.20. The van der Waals surface area contributed by atoms with Gasteiger partial charge in [-0.2, -0.15) is 0 Å². The van der Waals surface area contributed by atoms with Crippen LogP contribution in [0, 0.1) is 10.1 Å². The molecule has 25 heavy (non-hydrogen) atoms. The van der Waals surface area contributed by atoms with Gasteiger partial charge in [0, 0.05) is 16.7 Å². The van der Waals surface area contributed by atoms with Crippen LogP contribution < -0.4 is 4.74 Å². The molecule has 0 unspecified atom stereocenters. The van der Waals surface area contributed by atoms with E-state index in [1.54, 1.807) is 24.3 Å². The number of ether oxygens (including phenoxy) is 2. The molecule has 0 saturated heterocycles. The summed E-state index contributed by atoms with van der Waals surface area (Å²) < 4.78 is 10.2. The van der Waals surface area contributed by atoms with Crippen molar-refractivity contribution in [3.63, 3.8) is 0 Å². The molecular formula is C17H14ClNO6. The molecule has 7 nitrogen and oxygen atoms in total. The van der Waals surface area contributed by atoms with Crippen molar-refractivity contribution in [2.75, 3.05) is 13.2 Å². The Morgan fingerprint density at radius 2 is 1.84 bits per heavy atom. The molecule has 0 heterocycles. The second-order valence-corrected chi connectivity index (χ2v) is 5.31. The molecule has 130 valence electrons. The van der Waals surface area contributed by atoms with Crippen LogP contribution in [0.3, 0.4) is 0 Å². The molecule has 0 amide bonds. The Balaban J connectivity index is 2.04. The highest BCUT2D eigenvalue weighted by Crippen LogP contribution is 2.24. The number of hydrogen-bond donors (Lipinski definition) is 0. The van der Waals surface area contributed by atoms with Crippen LogP contribution in [0.25, 0.3) is 0 Å². The van der Waals surface area contributed by atoms with Gasteiger partial charge in [-0.3, -0.25) is 14.9 Å². The van der Waals surface area contributed by atoms with Gasteiger partial charge in [0.05, 0.1) is 11.5 Å². The maximum atomic E-state index is 12.0. The third-order valence-corrected chi connectivity index (χ3v) is 3.43. The lowest BCUT2D eigenvalue weighted by atomic mass is 10.1.